The molecule has 0 aliphatic rings. The predicted octanol–water partition coefficient (Wildman–Crippen LogP) is 3.77. The van der Waals surface area contributed by atoms with Gasteiger partial charge in [0.1, 0.15) is 16.1 Å². The monoisotopic (exact) mass is 409 g/mol. The van der Waals surface area contributed by atoms with E-state index >= 15 is 0 Å². The zero-order valence-electron chi connectivity index (χ0n) is 14.1. The van der Waals surface area contributed by atoms with Gasteiger partial charge < -0.3 is 19.3 Å². The first-order chi connectivity index (χ1) is 12.0. The van der Waals surface area contributed by atoms with Gasteiger partial charge in [0.2, 0.25) is 0 Å². The molecule has 0 fully saturated rings. The highest BCUT2D eigenvalue weighted by molar-refractivity contribution is 9.10. The van der Waals surface area contributed by atoms with E-state index < -0.39 is 5.97 Å². The normalized spacial score (nSPS) is 11.8. The molecule has 1 N–H and O–H groups in total. The fourth-order valence-electron chi connectivity index (χ4n) is 2.17. The van der Waals surface area contributed by atoms with E-state index in [4.69, 9.17) is 19.3 Å². The Morgan fingerprint density at radius 1 is 1.32 bits per heavy atom. The van der Waals surface area contributed by atoms with Crippen LogP contribution in [0, 0.1) is 6.92 Å². The number of hydrogen-bond acceptors (Lipinski definition) is 5. The van der Waals surface area contributed by atoms with Gasteiger partial charge in [-0.2, -0.15) is 0 Å². The van der Waals surface area contributed by atoms with Crippen LogP contribution in [0.15, 0.2) is 41.0 Å². The second-order valence-corrected chi connectivity index (χ2v) is 6.07. The van der Waals surface area contributed by atoms with Crippen molar-refractivity contribution in [2.45, 2.75) is 20.0 Å². The molecular formula is C18H20BrNO5. The number of rotatable bonds is 9. The smallest absolute Gasteiger partial charge is 0.341 e. The second-order valence-electron chi connectivity index (χ2n) is 5.26. The molecule has 1 heterocycles. The summed E-state index contributed by atoms with van der Waals surface area (Å²) < 4.78 is 17.5. The highest BCUT2D eigenvalue weighted by Gasteiger charge is 2.16. The number of carboxylic acid groups (broad SMARTS) is 1. The van der Waals surface area contributed by atoms with Gasteiger partial charge in [-0.25, -0.2) is 9.78 Å². The second kappa shape index (κ2) is 9.39. The molecule has 0 saturated carbocycles. The van der Waals surface area contributed by atoms with Crippen LogP contribution in [0.25, 0.3) is 0 Å². The molecule has 1 atom stereocenters. The molecule has 134 valence electrons. The number of hydrogen-bond donors (Lipinski definition) is 1. The molecule has 0 amide bonds. The third-order valence-corrected chi connectivity index (χ3v) is 3.76. The molecule has 0 spiro atoms. The van der Waals surface area contributed by atoms with Crippen molar-refractivity contribution in [1.82, 2.24) is 4.98 Å². The van der Waals surface area contributed by atoms with Crippen molar-refractivity contribution in [3.05, 3.63) is 52.3 Å². The minimum atomic E-state index is -1.02. The summed E-state index contributed by atoms with van der Waals surface area (Å²) in [6.45, 7) is 4.32. The summed E-state index contributed by atoms with van der Waals surface area (Å²) in [5.74, 6) is 0.126. The molecule has 7 heteroatoms. The average molecular weight is 410 g/mol. The molecule has 0 aliphatic heterocycles. The van der Waals surface area contributed by atoms with Crippen LogP contribution < -0.4 is 9.47 Å². The lowest BCUT2D eigenvalue weighted by atomic mass is 10.2. The van der Waals surface area contributed by atoms with Gasteiger partial charge in [0.05, 0.1) is 12.3 Å². The lowest BCUT2D eigenvalue weighted by molar-refractivity contribution is -0.139. The van der Waals surface area contributed by atoms with E-state index in [1.807, 2.05) is 32.0 Å². The number of ether oxygens (including phenoxy) is 3. The van der Waals surface area contributed by atoms with E-state index in [1.54, 1.807) is 18.2 Å². The van der Waals surface area contributed by atoms with Crippen LogP contribution in [0.3, 0.4) is 0 Å². The molecule has 25 heavy (non-hydrogen) atoms. The zero-order valence-corrected chi connectivity index (χ0v) is 15.7. The Balaban J connectivity index is 2.15. The maximum absolute atomic E-state index is 10.6. The Kier molecular flexibility index (Phi) is 7.21. The van der Waals surface area contributed by atoms with Gasteiger partial charge in [-0.3, -0.25) is 0 Å². The number of carboxylic acids is 1. The van der Waals surface area contributed by atoms with E-state index in [1.165, 1.54) is 0 Å². The summed E-state index contributed by atoms with van der Waals surface area (Å²) >= 11 is 3.36. The van der Waals surface area contributed by atoms with Gasteiger partial charge in [0, 0.05) is 6.61 Å². The molecule has 0 unspecified atom stereocenters. The summed E-state index contributed by atoms with van der Waals surface area (Å²) in [6.07, 6.45) is -0.359. The molecule has 6 nitrogen and oxygen atoms in total. The Morgan fingerprint density at radius 2 is 2.12 bits per heavy atom. The lowest BCUT2D eigenvalue weighted by Crippen LogP contribution is -2.16. The summed E-state index contributed by atoms with van der Waals surface area (Å²) in [6, 6.07) is 10.9. The first kappa shape index (κ1) is 19.2. The topological polar surface area (TPSA) is 77.9 Å². The minimum absolute atomic E-state index is 0.359. The highest BCUT2D eigenvalue weighted by Crippen LogP contribution is 2.27. The van der Waals surface area contributed by atoms with E-state index in [2.05, 4.69) is 20.9 Å². The molecule has 0 bridgehead atoms. The maximum Gasteiger partial charge on any atom is 0.341 e. The van der Waals surface area contributed by atoms with Crippen LogP contribution in [0.2, 0.25) is 0 Å². The van der Waals surface area contributed by atoms with Gasteiger partial charge in [0.15, 0.2) is 12.7 Å². The summed E-state index contributed by atoms with van der Waals surface area (Å²) in [5, 5.41) is 8.70. The molecule has 1 aromatic carbocycles. The Hall–Kier alpha value is -2.12. The minimum Gasteiger partial charge on any atom is -0.482 e. The molecule has 0 aliphatic carbocycles. The SMILES string of the molecule is CCOC[C@H](Oc1ccc(OCC(=O)O)c(C)c1)c1cccc(Br)n1. The van der Waals surface area contributed by atoms with Gasteiger partial charge in [-0.05, 0) is 65.7 Å². The van der Waals surface area contributed by atoms with Gasteiger partial charge in [-0.1, -0.05) is 6.07 Å². The third kappa shape index (κ3) is 6.03. The number of pyridine rings is 1. The van der Waals surface area contributed by atoms with Crippen molar-refractivity contribution in [2.75, 3.05) is 19.8 Å². The van der Waals surface area contributed by atoms with Crippen molar-refractivity contribution in [3.63, 3.8) is 0 Å². The van der Waals surface area contributed by atoms with Crippen molar-refractivity contribution >= 4 is 21.9 Å². The van der Waals surface area contributed by atoms with Crippen molar-refractivity contribution in [3.8, 4) is 11.5 Å². The number of halogens is 1. The van der Waals surface area contributed by atoms with Crippen LogP contribution in [-0.4, -0.2) is 35.9 Å². The van der Waals surface area contributed by atoms with Crippen LogP contribution in [0.1, 0.15) is 24.3 Å². The van der Waals surface area contributed by atoms with E-state index in [0.29, 0.717) is 24.7 Å². The maximum atomic E-state index is 10.6. The Morgan fingerprint density at radius 3 is 2.76 bits per heavy atom. The van der Waals surface area contributed by atoms with E-state index in [0.717, 1.165) is 15.9 Å². The summed E-state index contributed by atoms with van der Waals surface area (Å²) in [4.78, 5) is 15.0. The third-order valence-electron chi connectivity index (χ3n) is 3.32. The Bertz CT molecular complexity index is 722. The van der Waals surface area contributed by atoms with Crippen LogP contribution in [0.4, 0.5) is 0 Å². The number of aryl methyl sites for hydroxylation is 1. The number of carbonyl (C=O) groups is 1. The fourth-order valence-corrected chi connectivity index (χ4v) is 2.53. The predicted molar refractivity (Wildman–Crippen MR) is 96.1 cm³/mol. The van der Waals surface area contributed by atoms with Gasteiger partial charge in [0.25, 0.3) is 0 Å². The molecule has 2 aromatic rings. The van der Waals surface area contributed by atoms with Crippen molar-refractivity contribution in [1.29, 1.82) is 0 Å². The molecule has 1 aromatic heterocycles. The quantitative estimate of drug-likeness (QED) is 0.635. The van der Waals surface area contributed by atoms with Crippen LogP contribution in [-0.2, 0) is 9.53 Å². The Labute approximate surface area is 154 Å². The van der Waals surface area contributed by atoms with Crippen molar-refractivity contribution in [2.24, 2.45) is 0 Å². The number of aromatic nitrogens is 1. The van der Waals surface area contributed by atoms with Gasteiger partial charge >= 0.3 is 5.97 Å². The molecule has 2 rings (SSSR count). The largest absolute Gasteiger partial charge is 0.482 e. The lowest BCUT2D eigenvalue weighted by Gasteiger charge is -2.19. The van der Waals surface area contributed by atoms with Gasteiger partial charge in [-0.15, -0.1) is 0 Å². The van der Waals surface area contributed by atoms with E-state index in [-0.39, 0.29) is 12.7 Å². The molecule has 0 saturated heterocycles. The number of aliphatic carboxylic acids is 1. The zero-order chi connectivity index (χ0) is 18.2. The fraction of sp³-hybridized carbons (Fsp3) is 0.333. The average Bonchev–Trinajstić information content (AvgIpc) is 2.57. The van der Waals surface area contributed by atoms with Crippen molar-refractivity contribution < 1.29 is 24.1 Å². The first-order valence-corrected chi connectivity index (χ1v) is 8.61. The molecular weight excluding hydrogens is 390 g/mol. The highest BCUT2D eigenvalue weighted by atomic mass is 79.9. The number of benzene rings is 1. The van der Waals surface area contributed by atoms with Crippen LogP contribution >= 0.6 is 15.9 Å². The molecule has 0 radical (unpaired) electrons. The van der Waals surface area contributed by atoms with E-state index in [9.17, 15) is 4.79 Å². The summed E-state index contributed by atoms with van der Waals surface area (Å²) in [5.41, 5.74) is 1.54. The van der Waals surface area contributed by atoms with Crippen LogP contribution in [0.5, 0.6) is 11.5 Å². The number of nitrogens with zero attached hydrogens (tertiary/aromatic N) is 1. The standard InChI is InChI=1S/C18H20BrNO5/c1-3-23-10-16(14-5-4-6-17(19)20-14)25-13-7-8-15(12(2)9-13)24-11-18(21)22/h4-9,16H,3,10-11H2,1-2H3,(H,21,22)/t16-/m0/s1. The summed E-state index contributed by atoms with van der Waals surface area (Å²) in [7, 11) is 0. The first-order valence-electron chi connectivity index (χ1n) is 7.81.